The Hall–Kier alpha value is -2.41. The molecule has 3 N–H and O–H groups in total. The average Bonchev–Trinajstić information content (AvgIpc) is 2.64. The monoisotopic (exact) mass is 421 g/mol. The van der Waals surface area contributed by atoms with E-state index >= 15 is 0 Å². The third kappa shape index (κ3) is 6.84. The van der Waals surface area contributed by atoms with Crippen LogP contribution < -0.4 is 16.0 Å². The number of carbonyl (C=O) groups excluding carboxylic acids is 2. The highest BCUT2D eigenvalue weighted by Crippen LogP contribution is 2.17. The van der Waals surface area contributed by atoms with Crippen LogP contribution in [-0.2, 0) is 4.79 Å². The Balaban J connectivity index is 1.58. The highest BCUT2D eigenvalue weighted by Gasteiger charge is 2.11. The Kier molecular flexibility index (Phi) is 8.08. The van der Waals surface area contributed by atoms with Gasteiger partial charge in [0.2, 0.25) is 5.91 Å². The van der Waals surface area contributed by atoms with Crippen LogP contribution in [0.2, 0.25) is 0 Å². The van der Waals surface area contributed by atoms with Crippen LogP contribution in [0.1, 0.15) is 23.2 Å². The van der Waals surface area contributed by atoms with E-state index in [9.17, 15) is 14.0 Å². The predicted octanol–water partition coefficient (Wildman–Crippen LogP) is 3.33. The van der Waals surface area contributed by atoms with Gasteiger partial charge in [-0.15, -0.1) is 0 Å². The van der Waals surface area contributed by atoms with E-state index in [1.165, 1.54) is 12.1 Å². The molecular weight excluding hydrogens is 401 g/mol. The second-order valence-corrected chi connectivity index (χ2v) is 6.48. The van der Waals surface area contributed by atoms with Crippen LogP contribution in [0.25, 0.3) is 0 Å². The summed E-state index contributed by atoms with van der Waals surface area (Å²) in [5, 5.41) is 8.68. The molecule has 2 amide bonds. The van der Waals surface area contributed by atoms with E-state index in [1.54, 1.807) is 0 Å². The zero-order valence-electron chi connectivity index (χ0n) is 14.2. The van der Waals surface area contributed by atoms with Gasteiger partial charge in [0.25, 0.3) is 5.91 Å². The molecule has 0 bridgehead atoms. The van der Waals surface area contributed by atoms with Gasteiger partial charge in [-0.2, -0.15) is 0 Å². The highest BCUT2D eigenvalue weighted by atomic mass is 79.9. The first-order valence-corrected chi connectivity index (χ1v) is 9.14. The number of para-hydroxylation sites is 1. The molecule has 7 heteroatoms. The zero-order valence-corrected chi connectivity index (χ0v) is 15.8. The molecule has 0 heterocycles. The maximum absolute atomic E-state index is 13.2. The minimum atomic E-state index is -0.486. The van der Waals surface area contributed by atoms with Gasteiger partial charge in [-0.1, -0.05) is 18.2 Å². The van der Waals surface area contributed by atoms with E-state index in [2.05, 4.69) is 31.9 Å². The summed E-state index contributed by atoms with van der Waals surface area (Å²) < 4.78 is 13.7. The topological polar surface area (TPSA) is 70.2 Å². The Morgan fingerprint density at radius 1 is 0.962 bits per heavy atom. The normalized spacial score (nSPS) is 10.2. The first-order valence-electron chi connectivity index (χ1n) is 8.35. The van der Waals surface area contributed by atoms with Gasteiger partial charge in [0.05, 0.1) is 5.56 Å². The lowest BCUT2D eigenvalue weighted by Crippen LogP contribution is -2.31. The number of hydrogen-bond donors (Lipinski definition) is 3. The predicted molar refractivity (Wildman–Crippen MR) is 104 cm³/mol. The number of hydrogen-bond acceptors (Lipinski definition) is 3. The summed E-state index contributed by atoms with van der Waals surface area (Å²) in [6, 6.07) is 13.7. The quantitative estimate of drug-likeness (QED) is 0.543. The van der Waals surface area contributed by atoms with E-state index in [0.717, 1.165) is 24.7 Å². The summed E-state index contributed by atoms with van der Waals surface area (Å²) in [6.45, 7) is 1.51. The number of anilines is 1. The summed E-state index contributed by atoms with van der Waals surface area (Å²) >= 11 is 3.20. The third-order valence-electron chi connectivity index (χ3n) is 3.59. The van der Waals surface area contributed by atoms with Crippen molar-refractivity contribution in [3.8, 4) is 0 Å². The molecule has 2 aromatic rings. The summed E-state index contributed by atoms with van der Waals surface area (Å²) in [7, 11) is 0. The first-order chi connectivity index (χ1) is 12.6. The molecule has 0 aromatic heterocycles. The lowest BCUT2D eigenvalue weighted by molar-refractivity contribution is -0.120. The molecule has 0 aliphatic carbocycles. The van der Waals surface area contributed by atoms with Crippen molar-refractivity contribution in [3.63, 3.8) is 0 Å². The van der Waals surface area contributed by atoms with Gasteiger partial charge < -0.3 is 16.0 Å². The molecule has 0 saturated heterocycles. The summed E-state index contributed by atoms with van der Waals surface area (Å²) in [5.74, 6) is -1.04. The van der Waals surface area contributed by atoms with Crippen LogP contribution in [-0.4, -0.2) is 31.4 Å². The van der Waals surface area contributed by atoms with E-state index < -0.39 is 11.7 Å². The Morgan fingerprint density at radius 3 is 2.50 bits per heavy atom. The minimum absolute atomic E-state index is 0.136. The van der Waals surface area contributed by atoms with Gasteiger partial charge in [0, 0.05) is 36.2 Å². The molecule has 26 heavy (non-hydrogen) atoms. The Bertz CT molecular complexity index is 741. The number of carbonyl (C=O) groups is 2. The fourth-order valence-corrected chi connectivity index (χ4v) is 2.68. The molecule has 0 aliphatic heterocycles. The molecule has 2 aromatic carbocycles. The third-order valence-corrected chi connectivity index (χ3v) is 4.28. The van der Waals surface area contributed by atoms with Crippen molar-refractivity contribution in [2.45, 2.75) is 12.8 Å². The second kappa shape index (κ2) is 10.6. The number of rotatable bonds is 9. The molecule has 0 fully saturated rings. The Labute approximate surface area is 160 Å². The molecular formula is C19H21BrFN3O2. The van der Waals surface area contributed by atoms with E-state index in [-0.39, 0.29) is 24.4 Å². The van der Waals surface area contributed by atoms with E-state index in [0.29, 0.717) is 11.0 Å². The molecule has 138 valence electrons. The lowest BCUT2D eigenvalue weighted by atomic mass is 10.2. The molecule has 0 spiro atoms. The Morgan fingerprint density at radius 2 is 1.73 bits per heavy atom. The number of amides is 2. The fourth-order valence-electron chi connectivity index (χ4n) is 2.25. The summed E-state index contributed by atoms with van der Waals surface area (Å²) in [6.07, 6.45) is 0.966. The maximum atomic E-state index is 13.2. The van der Waals surface area contributed by atoms with Crippen molar-refractivity contribution in [1.29, 1.82) is 0 Å². The van der Waals surface area contributed by atoms with Crippen LogP contribution in [0.15, 0.2) is 53.0 Å². The van der Waals surface area contributed by atoms with Crippen molar-refractivity contribution in [1.82, 2.24) is 10.6 Å². The zero-order chi connectivity index (χ0) is 18.8. The van der Waals surface area contributed by atoms with E-state index in [4.69, 9.17) is 0 Å². The van der Waals surface area contributed by atoms with Crippen LogP contribution in [0, 0.1) is 5.82 Å². The SMILES string of the molecule is O=C(CCNC(=O)c1cc(F)ccc1Br)NCCCNc1ccccc1. The summed E-state index contributed by atoms with van der Waals surface area (Å²) in [4.78, 5) is 23.7. The molecule has 0 atom stereocenters. The number of halogens is 2. The van der Waals surface area contributed by atoms with Crippen LogP contribution >= 0.6 is 15.9 Å². The largest absolute Gasteiger partial charge is 0.385 e. The number of nitrogens with one attached hydrogen (secondary N) is 3. The van der Waals surface area contributed by atoms with Crippen molar-refractivity contribution in [2.75, 3.05) is 25.0 Å². The summed E-state index contributed by atoms with van der Waals surface area (Å²) in [5.41, 5.74) is 1.25. The molecule has 0 saturated carbocycles. The second-order valence-electron chi connectivity index (χ2n) is 5.63. The van der Waals surface area contributed by atoms with Crippen molar-refractivity contribution >= 4 is 33.4 Å². The standard InChI is InChI=1S/C19H21BrFN3O2/c20-17-8-7-14(21)13-16(17)19(26)24-12-9-18(25)23-11-4-10-22-15-5-2-1-3-6-15/h1-3,5-8,13,22H,4,9-12H2,(H,23,25)(H,24,26). The van der Waals surface area contributed by atoms with Crippen LogP contribution in [0.3, 0.4) is 0 Å². The van der Waals surface area contributed by atoms with Crippen molar-refractivity contribution in [2.24, 2.45) is 0 Å². The van der Waals surface area contributed by atoms with Crippen molar-refractivity contribution < 1.29 is 14.0 Å². The van der Waals surface area contributed by atoms with Gasteiger partial charge in [-0.25, -0.2) is 4.39 Å². The van der Waals surface area contributed by atoms with Gasteiger partial charge in [-0.05, 0) is 52.7 Å². The first kappa shape index (κ1) is 19.9. The minimum Gasteiger partial charge on any atom is -0.385 e. The maximum Gasteiger partial charge on any atom is 0.252 e. The van der Waals surface area contributed by atoms with Crippen molar-refractivity contribution in [3.05, 3.63) is 64.4 Å². The van der Waals surface area contributed by atoms with Gasteiger partial charge in [-0.3, -0.25) is 9.59 Å². The number of benzene rings is 2. The van der Waals surface area contributed by atoms with Gasteiger partial charge in [0.15, 0.2) is 0 Å². The van der Waals surface area contributed by atoms with Crippen LogP contribution in [0.5, 0.6) is 0 Å². The molecule has 0 aliphatic rings. The molecule has 5 nitrogen and oxygen atoms in total. The fraction of sp³-hybridized carbons (Fsp3) is 0.263. The molecule has 2 rings (SSSR count). The molecule has 0 unspecified atom stereocenters. The lowest BCUT2D eigenvalue weighted by Gasteiger charge is -2.09. The van der Waals surface area contributed by atoms with E-state index in [1.807, 2.05) is 30.3 Å². The smallest absolute Gasteiger partial charge is 0.252 e. The van der Waals surface area contributed by atoms with Crippen LogP contribution in [0.4, 0.5) is 10.1 Å². The van der Waals surface area contributed by atoms with Gasteiger partial charge in [0.1, 0.15) is 5.82 Å². The average molecular weight is 422 g/mol. The highest BCUT2D eigenvalue weighted by molar-refractivity contribution is 9.10. The van der Waals surface area contributed by atoms with Gasteiger partial charge >= 0.3 is 0 Å². The molecule has 0 radical (unpaired) electrons.